The molecular formula is C54H96O6. The van der Waals surface area contributed by atoms with Gasteiger partial charge < -0.3 is 14.2 Å². The summed E-state index contributed by atoms with van der Waals surface area (Å²) in [5, 5.41) is 0. The fourth-order valence-corrected chi connectivity index (χ4v) is 7.15. The van der Waals surface area contributed by atoms with Crippen LogP contribution in [0.25, 0.3) is 0 Å². The fraction of sp³-hybridized carbons (Fsp3) is 0.796. The van der Waals surface area contributed by atoms with Crippen molar-refractivity contribution in [1.29, 1.82) is 0 Å². The van der Waals surface area contributed by atoms with Crippen molar-refractivity contribution in [2.24, 2.45) is 0 Å². The second kappa shape index (κ2) is 49.0. The molecule has 0 radical (unpaired) electrons. The predicted octanol–water partition coefficient (Wildman–Crippen LogP) is 16.7. The van der Waals surface area contributed by atoms with Gasteiger partial charge in [-0.25, -0.2) is 0 Å². The molecule has 0 unspecified atom stereocenters. The number of ether oxygens (including phenoxy) is 3. The molecule has 6 nitrogen and oxygen atoms in total. The van der Waals surface area contributed by atoms with Crippen LogP contribution in [-0.2, 0) is 28.6 Å². The van der Waals surface area contributed by atoms with Crippen molar-refractivity contribution in [3.8, 4) is 0 Å². The molecule has 0 rings (SSSR count). The van der Waals surface area contributed by atoms with E-state index >= 15 is 0 Å². The van der Waals surface area contributed by atoms with Crippen molar-refractivity contribution in [3.63, 3.8) is 0 Å². The molecule has 0 aromatic carbocycles. The van der Waals surface area contributed by atoms with Gasteiger partial charge in [-0.05, 0) is 83.5 Å². The second-order valence-electron chi connectivity index (χ2n) is 17.1. The Morgan fingerprint density at radius 1 is 0.333 bits per heavy atom. The van der Waals surface area contributed by atoms with Crippen LogP contribution in [0.15, 0.2) is 48.6 Å². The van der Waals surface area contributed by atoms with Gasteiger partial charge >= 0.3 is 17.9 Å². The Labute approximate surface area is 371 Å². The van der Waals surface area contributed by atoms with Crippen LogP contribution in [0.2, 0.25) is 0 Å². The van der Waals surface area contributed by atoms with Crippen molar-refractivity contribution in [3.05, 3.63) is 48.6 Å². The summed E-state index contributed by atoms with van der Waals surface area (Å²) < 4.78 is 16.7. The van der Waals surface area contributed by atoms with Gasteiger partial charge in [0.2, 0.25) is 0 Å². The SMILES string of the molecule is CCCCC/C=C\C/C=C\C/C=C\CCCCC(=O)O[C@@H](COC(=O)CCCCCCC/C=C\CCCCCCCCC)COC(=O)CCCCCCCCCCCCC. The molecule has 0 saturated heterocycles. The highest BCUT2D eigenvalue weighted by molar-refractivity contribution is 5.71. The van der Waals surface area contributed by atoms with Crippen LogP contribution < -0.4 is 0 Å². The first-order valence-corrected chi connectivity index (χ1v) is 25.6. The van der Waals surface area contributed by atoms with Gasteiger partial charge in [0.15, 0.2) is 6.10 Å². The van der Waals surface area contributed by atoms with Crippen LogP contribution in [0, 0.1) is 0 Å². The monoisotopic (exact) mass is 841 g/mol. The molecule has 0 heterocycles. The molecule has 0 amide bonds. The topological polar surface area (TPSA) is 78.9 Å². The summed E-state index contributed by atoms with van der Waals surface area (Å²) in [7, 11) is 0. The highest BCUT2D eigenvalue weighted by atomic mass is 16.6. The average molecular weight is 841 g/mol. The van der Waals surface area contributed by atoms with E-state index in [1.54, 1.807) is 0 Å². The van der Waals surface area contributed by atoms with E-state index in [0.29, 0.717) is 19.3 Å². The molecule has 1 atom stereocenters. The van der Waals surface area contributed by atoms with Crippen LogP contribution in [0.3, 0.4) is 0 Å². The lowest BCUT2D eigenvalue weighted by Crippen LogP contribution is -2.30. The van der Waals surface area contributed by atoms with E-state index in [0.717, 1.165) is 70.6 Å². The summed E-state index contributed by atoms with van der Waals surface area (Å²) in [6, 6.07) is 0. The Morgan fingerprint density at radius 2 is 0.600 bits per heavy atom. The predicted molar refractivity (Wildman–Crippen MR) is 256 cm³/mol. The van der Waals surface area contributed by atoms with E-state index in [-0.39, 0.29) is 37.5 Å². The summed E-state index contributed by atoms with van der Waals surface area (Å²) in [5.74, 6) is -0.931. The van der Waals surface area contributed by atoms with Gasteiger partial charge in [-0.3, -0.25) is 14.4 Å². The average Bonchev–Trinajstić information content (AvgIpc) is 3.24. The first kappa shape index (κ1) is 57.4. The van der Waals surface area contributed by atoms with Gasteiger partial charge in [-0.1, -0.05) is 204 Å². The smallest absolute Gasteiger partial charge is 0.306 e. The number of hydrogen-bond donors (Lipinski definition) is 0. The first-order valence-electron chi connectivity index (χ1n) is 25.6. The Balaban J connectivity index is 4.42. The van der Waals surface area contributed by atoms with Crippen LogP contribution in [0.5, 0.6) is 0 Å². The highest BCUT2D eigenvalue weighted by Gasteiger charge is 2.19. The molecule has 0 aliphatic heterocycles. The van der Waals surface area contributed by atoms with Gasteiger partial charge in [0.05, 0.1) is 0 Å². The third-order valence-corrected chi connectivity index (χ3v) is 11.1. The number of allylic oxidation sites excluding steroid dienone is 8. The Kier molecular flexibility index (Phi) is 46.9. The zero-order chi connectivity index (χ0) is 43.7. The maximum Gasteiger partial charge on any atom is 0.306 e. The number of esters is 3. The Hall–Kier alpha value is -2.63. The van der Waals surface area contributed by atoms with E-state index in [4.69, 9.17) is 14.2 Å². The quantitative estimate of drug-likeness (QED) is 0.0263. The lowest BCUT2D eigenvalue weighted by atomic mass is 10.1. The Bertz CT molecular complexity index is 1060. The van der Waals surface area contributed by atoms with E-state index in [9.17, 15) is 14.4 Å². The zero-order valence-electron chi connectivity index (χ0n) is 39.7. The van der Waals surface area contributed by atoms with Crippen LogP contribution in [0.1, 0.15) is 258 Å². The van der Waals surface area contributed by atoms with Crippen molar-refractivity contribution in [2.45, 2.75) is 264 Å². The second-order valence-corrected chi connectivity index (χ2v) is 17.1. The molecule has 0 aromatic heterocycles. The summed E-state index contributed by atoms with van der Waals surface area (Å²) in [4.78, 5) is 37.9. The van der Waals surface area contributed by atoms with Gasteiger partial charge in [-0.2, -0.15) is 0 Å². The van der Waals surface area contributed by atoms with E-state index in [2.05, 4.69) is 69.4 Å². The molecule has 348 valence electrons. The maximum atomic E-state index is 12.8. The molecular weight excluding hydrogens is 745 g/mol. The van der Waals surface area contributed by atoms with E-state index in [1.165, 1.54) is 141 Å². The molecule has 60 heavy (non-hydrogen) atoms. The van der Waals surface area contributed by atoms with Gasteiger partial charge in [0.25, 0.3) is 0 Å². The van der Waals surface area contributed by atoms with Gasteiger partial charge in [0.1, 0.15) is 13.2 Å². The minimum Gasteiger partial charge on any atom is -0.462 e. The van der Waals surface area contributed by atoms with Crippen LogP contribution >= 0.6 is 0 Å². The van der Waals surface area contributed by atoms with Gasteiger partial charge in [-0.15, -0.1) is 0 Å². The lowest BCUT2D eigenvalue weighted by molar-refractivity contribution is -0.167. The highest BCUT2D eigenvalue weighted by Crippen LogP contribution is 2.14. The maximum absolute atomic E-state index is 12.8. The number of hydrogen-bond acceptors (Lipinski definition) is 6. The van der Waals surface area contributed by atoms with E-state index < -0.39 is 6.10 Å². The minimum absolute atomic E-state index is 0.0890. The lowest BCUT2D eigenvalue weighted by Gasteiger charge is -2.18. The Morgan fingerprint density at radius 3 is 1.02 bits per heavy atom. The van der Waals surface area contributed by atoms with Crippen molar-refractivity contribution < 1.29 is 28.6 Å². The van der Waals surface area contributed by atoms with Crippen molar-refractivity contribution >= 4 is 17.9 Å². The third kappa shape index (κ3) is 46.4. The minimum atomic E-state index is -0.792. The normalized spacial score (nSPS) is 12.4. The molecule has 6 heteroatoms. The molecule has 0 aliphatic rings. The van der Waals surface area contributed by atoms with Crippen LogP contribution in [0.4, 0.5) is 0 Å². The van der Waals surface area contributed by atoms with Crippen LogP contribution in [-0.4, -0.2) is 37.2 Å². The van der Waals surface area contributed by atoms with Crippen molar-refractivity contribution in [2.75, 3.05) is 13.2 Å². The number of carbonyl (C=O) groups excluding carboxylic acids is 3. The zero-order valence-corrected chi connectivity index (χ0v) is 39.7. The summed E-state index contributed by atoms with van der Waals surface area (Å²) >= 11 is 0. The third-order valence-electron chi connectivity index (χ3n) is 11.1. The first-order chi connectivity index (χ1) is 29.5. The van der Waals surface area contributed by atoms with E-state index in [1.807, 2.05) is 0 Å². The molecule has 0 saturated carbocycles. The molecule has 0 aliphatic carbocycles. The summed E-state index contributed by atoms with van der Waals surface area (Å²) in [6.07, 6.45) is 58.1. The molecule has 0 fully saturated rings. The molecule has 0 spiro atoms. The molecule has 0 aromatic rings. The van der Waals surface area contributed by atoms with Crippen molar-refractivity contribution in [1.82, 2.24) is 0 Å². The number of carbonyl (C=O) groups is 3. The molecule has 0 N–H and O–H groups in total. The largest absolute Gasteiger partial charge is 0.462 e. The number of rotatable bonds is 46. The van der Waals surface area contributed by atoms with Gasteiger partial charge in [0, 0.05) is 19.3 Å². The summed E-state index contributed by atoms with van der Waals surface area (Å²) in [5.41, 5.74) is 0. The standard InChI is InChI=1S/C54H96O6/c1-4-7-10-13-16-19-22-24-26-28-29-32-35-38-41-44-47-53(56)59-50-51(49-58-52(55)46-43-40-37-34-31-21-18-15-12-9-6-3)60-54(57)48-45-42-39-36-33-30-27-25-23-20-17-14-11-8-5-2/h17,20,25-28,33,36,51H,4-16,18-19,21-24,29-32,34-35,37-50H2,1-3H3/b20-17-,27-25-,28-26-,36-33-/t51-/m1/s1. The summed E-state index contributed by atoms with van der Waals surface area (Å²) in [6.45, 7) is 6.57. The number of unbranched alkanes of at least 4 members (excludes halogenated alkanes) is 27. The fourth-order valence-electron chi connectivity index (χ4n) is 7.15. The molecule has 0 bridgehead atoms.